The lowest BCUT2D eigenvalue weighted by Gasteiger charge is -2.33. The van der Waals surface area contributed by atoms with Gasteiger partial charge in [-0.2, -0.15) is 0 Å². The van der Waals surface area contributed by atoms with Crippen LogP contribution in [-0.4, -0.2) is 17.4 Å². The first-order valence-corrected chi connectivity index (χ1v) is 7.41. The van der Waals surface area contributed by atoms with Crippen LogP contribution < -0.4 is 5.73 Å². The Hall–Kier alpha value is -1.51. The number of nitrogens with zero attached hydrogens (tertiary/aromatic N) is 1. The number of rotatable bonds is 1. The molecule has 0 aromatic heterocycles. The first kappa shape index (κ1) is 12.5. The maximum Gasteiger partial charge on any atom is 0.225 e. The van der Waals surface area contributed by atoms with Crippen LogP contribution in [0, 0.1) is 5.92 Å². The van der Waals surface area contributed by atoms with E-state index >= 15 is 0 Å². The number of carbonyl (C=O) groups excluding carboxylic acids is 1. The zero-order valence-electron chi connectivity index (χ0n) is 11.4. The molecule has 1 aromatic rings. The number of nitrogens with two attached hydrogens (primary N) is 1. The van der Waals surface area contributed by atoms with Gasteiger partial charge in [0.1, 0.15) is 0 Å². The van der Waals surface area contributed by atoms with Gasteiger partial charge in [-0.05, 0) is 36.5 Å². The normalized spacial score (nSPS) is 20.1. The Balaban J connectivity index is 1.73. The van der Waals surface area contributed by atoms with E-state index in [0.29, 0.717) is 5.91 Å². The van der Waals surface area contributed by atoms with E-state index < -0.39 is 0 Å². The molecule has 19 heavy (non-hydrogen) atoms. The molecule has 3 rings (SSSR count). The van der Waals surface area contributed by atoms with E-state index in [1.165, 1.54) is 30.4 Å². The summed E-state index contributed by atoms with van der Waals surface area (Å²) in [7, 11) is 0. The largest absolute Gasteiger partial charge is 0.398 e. The summed E-state index contributed by atoms with van der Waals surface area (Å²) in [6.07, 6.45) is 6.80. The molecule has 102 valence electrons. The van der Waals surface area contributed by atoms with Gasteiger partial charge in [-0.25, -0.2) is 0 Å². The average molecular weight is 258 g/mol. The van der Waals surface area contributed by atoms with E-state index in [1.54, 1.807) is 0 Å². The molecule has 0 bridgehead atoms. The number of anilines is 1. The molecule has 2 aliphatic rings. The van der Waals surface area contributed by atoms with Gasteiger partial charge in [0, 0.05) is 24.7 Å². The zero-order valence-corrected chi connectivity index (χ0v) is 11.4. The summed E-state index contributed by atoms with van der Waals surface area (Å²) in [5, 5.41) is 0. The smallest absolute Gasteiger partial charge is 0.225 e. The number of hydrogen-bond donors (Lipinski definition) is 1. The highest BCUT2D eigenvalue weighted by Crippen LogP contribution is 2.29. The highest BCUT2D eigenvalue weighted by atomic mass is 16.2. The molecule has 1 aliphatic heterocycles. The third kappa shape index (κ3) is 2.46. The van der Waals surface area contributed by atoms with Gasteiger partial charge in [0.05, 0.1) is 0 Å². The summed E-state index contributed by atoms with van der Waals surface area (Å²) in [6, 6.07) is 6.05. The van der Waals surface area contributed by atoms with Crippen LogP contribution in [0.25, 0.3) is 0 Å². The predicted octanol–water partition coefficient (Wildman–Crippen LogP) is 2.73. The van der Waals surface area contributed by atoms with Gasteiger partial charge in [-0.3, -0.25) is 4.79 Å². The van der Waals surface area contributed by atoms with Crippen molar-refractivity contribution in [3.05, 3.63) is 29.3 Å². The Bertz CT molecular complexity index is 478. The molecule has 3 heteroatoms. The number of hydrogen-bond acceptors (Lipinski definition) is 2. The minimum Gasteiger partial charge on any atom is -0.398 e. The molecule has 0 saturated heterocycles. The Morgan fingerprint density at radius 1 is 1.21 bits per heavy atom. The standard InChI is InChI=1S/C16H22N2O/c17-15-8-4-7-13-11-18(10-9-14(13)15)16(19)12-5-2-1-3-6-12/h4,7-8,12H,1-3,5-6,9-11,17H2. The van der Waals surface area contributed by atoms with Crippen molar-refractivity contribution in [2.75, 3.05) is 12.3 Å². The topological polar surface area (TPSA) is 46.3 Å². The van der Waals surface area contributed by atoms with Crippen molar-refractivity contribution in [3.63, 3.8) is 0 Å². The molecule has 3 nitrogen and oxygen atoms in total. The Labute approximate surface area is 114 Å². The maximum atomic E-state index is 12.5. The van der Waals surface area contributed by atoms with Crippen LogP contribution in [0.3, 0.4) is 0 Å². The van der Waals surface area contributed by atoms with Crippen LogP contribution >= 0.6 is 0 Å². The summed E-state index contributed by atoms with van der Waals surface area (Å²) in [5.41, 5.74) is 9.36. The molecule has 0 unspecified atom stereocenters. The van der Waals surface area contributed by atoms with Gasteiger partial charge >= 0.3 is 0 Å². The summed E-state index contributed by atoms with van der Waals surface area (Å²) in [4.78, 5) is 14.6. The molecule has 1 amide bonds. The van der Waals surface area contributed by atoms with Gasteiger partial charge in [0.15, 0.2) is 0 Å². The third-order valence-electron chi connectivity index (χ3n) is 4.57. The minimum atomic E-state index is 0.274. The first-order chi connectivity index (χ1) is 9.25. The van der Waals surface area contributed by atoms with E-state index in [0.717, 1.165) is 38.0 Å². The van der Waals surface area contributed by atoms with Crippen LogP contribution in [-0.2, 0) is 17.8 Å². The van der Waals surface area contributed by atoms with Crippen molar-refractivity contribution in [3.8, 4) is 0 Å². The van der Waals surface area contributed by atoms with E-state index in [4.69, 9.17) is 5.73 Å². The molecule has 0 atom stereocenters. The van der Waals surface area contributed by atoms with Crippen LogP contribution in [0.4, 0.5) is 5.69 Å². The number of benzene rings is 1. The van der Waals surface area contributed by atoms with Crippen molar-refractivity contribution in [1.29, 1.82) is 0 Å². The van der Waals surface area contributed by atoms with Gasteiger partial charge in [-0.15, -0.1) is 0 Å². The van der Waals surface area contributed by atoms with E-state index in [9.17, 15) is 4.79 Å². The quantitative estimate of drug-likeness (QED) is 0.787. The molecule has 1 saturated carbocycles. The lowest BCUT2D eigenvalue weighted by atomic mass is 9.87. The fourth-order valence-corrected chi connectivity index (χ4v) is 3.43. The monoisotopic (exact) mass is 258 g/mol. The lowest BCUT2D eigenvalue weighted by molar-refractivity contribution is -0.137. The summed E-state index contributed by atoms with van der Waals surface area (Å²) >= 11 is 0. The summed E-state index contributed by atoms with van der Waals surface area (Å²) < 4.78 is 0. The third-order valence-corrected chi connectivity index (χ3v) is 4.57. The van der Waals surface area contributed by atoms with Gasteiger partial charge in [-0.1, -0.05) is 31.4 Å². The Morgan fingerprint density at radius 2 is 2.00 bits per heavy atom. The second-order valence-electron chi connectivity index (χ2n) is 5.83. The number of nitrogen functional groups attached to an aromatic ring is 1. The molecule has 1 aromatic carbocycles. The van der Waals surface area contributed by atoms with Crippen LogP contribution in [0.2, 0.25) is 0 Å². The fourth-order valence-electron chi connectivity index (χ4n) is 3.43. The second-order valence-corrected chi connectivity index (χ2v) is 5.83. The van der Waals surface area contributed by atoms with Crippen molar-refractivity contribution < 1.29 is 4.79 Å². The van der Waals surface area contributed by atoms with Crippen LogP contribution in [0.15, 0.2) is 18.2 Å². The first-order valence-electron chi connectivity index (χ1n) is 7.41. The second kappa shape index (κ2) is 5.24. The SMILES string of the molecule is Nc1cccc2c1CCN(C(=O)C1CCCCC1)C2. The van der Waals surface area contributed by atoms with E-state index in [-0.39, 0.29) is 5.92 Å². The molecule has 0 spiro atoms. The fraction of sp³-hybridized carbons (Fsp3) is 0.562. The highest BCUT2D eigenvalue weighted by Gasteiger charge is 2.28. The number of fused-ring (bicyclic) bond motifs is 1. The van der Waals surface area contributed by atoms with Crippen molar-refractivity contribution in [2.45, 2.75) is 45.1 Å². The highest BCUT2D eigenvalue weighted by molar-refractivity contribution is 5.79. The van der Waals surface area contributed by atoms with Gasteiger partial charge < -0.3 is 10.6 Å². The van der Waals surface area contributed by atoms with Crippen LogP contribution in [0.1, 0.15) is 43.2 Å². The molecule has 1 aliphatic carbocycles. The lowest BCUT2D eigenvalue weighted by Crippen LogP contribution is -2.40. The molecule has 1 fully saturated rings. The van der Waals surface area contributed by atoms with Crippen molar-refractivity contribution in [2.24, 2.45) is 5.92 Å². The minimum absolute atomic E-state index is 0.274. The summed E-state index contributed by atoms with van der Waals surface area (Å²) in [5.74, 6) is 0.643. The molecule has 1 heterocycles. The van der Waals surface area contributed by atoms with Gasteiger partial charge in [0.25, 0.3) is 0 Å². The molecule has 0 radical (unpaired) electrons. The van der Waals surface area contributed by atoms with Crippen molar-refractivity contribution in [1.82, 2.24) is 4.90 Å². The van der Waals surface area contributed by atoms with Crippen molar-refractivity contribution >= 4 is 11.6 Å². The number of carbonyl (C=O) groups is 1. The Morgan fingerprint density at radius 3 is 2.79 bits per heavy atom. The summed E-state index contributed by atoms with van der Waals surface area (Å²) in [6.45, 7) is 1.58. The maximum absolute atomic E-state index is 12.5. The van der Waals surface area contributed by atoms with E-state index in [2.05, 4.69) is 6.07 Å². The average Bonchev–Trinajstić information content (AvgIpc) is 2.47. The predicted molar refractivity (Wildman–Crippen MR) is 76.6 cm³/mol. The molecule has 2 N–H and O–H groups in total. The van der Waals surface area contributed by atoms with Crippen LogP contribution in [0.5, 0.6) is 0 Å². The number of amides is 1. The van der Waals surface area contributed by atoms with Gasteiger partial charge in [0.2, 0.25) is 5.91 Å². The molecular weight excluding hydrogens is 236 g/mol. The molecular formula is C16H22N2O. The zero-order chi connectivity index (χ0) is 13.2. The Kier molecular flexibility index (Phi) is 3.45. The van der Waals surface area contributed by atoms with E-state index in [1.807, 2.05) is 17.0 Å².